The summed E-state index contributed by atoms with van der Waals surface area (Å²) in [7, 11) is 0. The molecule has 10 heteroatoms. The summed E-state index contributed by atoms with van der Waals surface area (Å²) in [4.78, 5) is 42.5. The number of nitrogens with two attached hydrogens (primary N) is 1. The number of likely N-dealkylation sites (tertiary alicyclic amines) is 1. The number of hydrogen-bond acceptors (Lipinski definition) is 7. The van der Waals surface area contributed by atoms with Gasteiger partial charge in [0, 0.05) is 67.0 Å². The number of carbonyl (C=O) groups is 2. The van der Waals surface area contributed by atoms with Crippen molar-refractivity contribution in [3.05, 3.63) is 48.0 Å². The van der Waals surface area contributed by atoms with Gasteiger partial charge in [0.15, 0.2) is 0 Å². The summed E-state index contributed by atoms with van der Waals surface area (Å²) in [6, 6.07) is 7.73. The van der Waals surface area contributed by atoms with Crippen molar-refractivity contribution in [2.45, 2.75) is 51.6 Å². The zero-order valence-corrected chi connectivity index (χ0v) is 23.2. The van der Waals surface area contributed by atoms with Crippen LogP contribution in [0.5, 0.6) is 0 Å². The third-order valence-corrected chi connectivity index (χ3v) is 7.97. The van der Waals surface area contributed by atoms with E-state index in [2.05, 4.69) is 14.9 Å². The molecule has 0 aliphatic carbocycles. The molecular weight excluding hydrogens is 516 g/mol. The second-order valence-electron chi connectivity index (χ2n) is 11.2. The Balaban J connectivity index is 1.27. The molecule has 0 unspecified atom stereocenters. The quantitative estimate of drug-likeness (QED) is 0.426. The first-order valence-corrected chi connectivity index (χ1v) is 14.0. The lowest BCUT2D eigenvalue weighted by Crippen LogP contribution is -2.47. The van der Waals surface area contributed by atoms with E-state index in [1.807, 2.05) is 49.2 Å². The van der Waals surface area contributed by atoms with Crippen LogP contribution in [0.4, 0.5) is 10.6 Å². The maximum atomic E-state index is 13.5. The fourth-order valence-corrected chi connectivity index (χ4v) is 6.24. The lowest BCUT2D eigenvalue weighted by Gasteiger charge is -2.39. The summed E-state index contributed by atoms with van der Waals surface area (Å²) >= 11 is 6.15. The first-order valence-electron chi connectivity index (χ1n) is 13.6. The molecular formula is C29H35ClN6O3. The molecule has 3 aromatic heterocycles. The average molecular weight is 551 g/mol. The van der Waals surface area contributed by atoms with E-state index >= 15 is 0 Å². The predicted molar refractivity (Wildman–Crippen MR) is 151 cm³/mol. The van der Waals surface area contributed by atoms with Gasteiger partial charge in [-0.25, -0.2) is 14.8 Å². The maximum absolute atomic E-state index is 13.5. The van der Waals surface area contributed by atoms with Crippen LogP contribution < -0.4 is 10.6 Å². The number of anilines is 1. The molecule has 2 fully saturated rings. The molecule has 39 heavy (non-hydrogen) atoms. The summed E-state index contributed by atoms with van der Waals surface area (Å²) in [6.45, 7) is 6.72. The van der Waals surface area contributed by atoms with Crippen molar-refractivity contribution in [2.24, 2.45) is 17.6 Å². The van der Waals surface area contributed by atoms with Crippen LogP contribution in [0.2, 0.25) is 5.15 Å². The first-order chi connectivity index (χ1) is 18.7. The Bertz CT molecular complexity index is 1360. The van der Waals surface area contributed by atoms with E-state index < -0.39 is 11.7 Å². The number of hydrogen-bond donors (Lipinski definition) is 1. The first kappa shape index (κ1) is 27.1. The van der Waals surface area contributed by atoms with Crippen LogP contribution in [0.25, 0.3) is 22.0 Å². The smallest absolute Gasteiger partial charge is 0.405 e. The van der Waals surface area contributed by atoms with Gasteiger partial charge in [-0.15, -0.1) is 0 Å². The number of fused-ring (bicyclic) bond motifs is 1. The Morgan fingerprint density at radius 3 is 2.67 bits per heavy atom. The number of pyridine rings is 3. The van der Waals surface area contributed by atoms with Gasteiger partial charge in [0.05, 0.1) is 5.69 Å². The van der Waals surface area contributed by atoms with Gasteiger partial charge in [-0.1, -0.05) is 11.6 Å². The number of aromatic nitrogens is 3. The van der Waals surface area contributed by atoms with E-state index in [9.17, 15) is 9.59 Å². The van der Waals surface area contributed by atoms with Crippen molar-refractivity contribution in [3.63, 3.8) is 0 Å². The average Bonchev–Trinajstić information content (AvgIpc) is 2.91. The summed E-state index contributed by atoms with van der Waals surface area (Å²) in [5.74, 6) is 1.41. The third-order valence-electron chi connectivity index (χ3n) is 7.77. The standard InChI is InChI=1S/C29H35ClN6O3/c1-29(2,39-28(31)38)16-19-4-3-11-36(18-19)27(37)20-7-12-35(13-8-20)26-23-6-9-32-17-22(23)14-24(34-26)21-5-10-33-25(30)15-21/h5-6,9-10,14-15,17,19-20H,3-4,7-8,11-13,16,18H2,1-2H3,(H2,31,38)/t19-/m0/s1. The van der Waals surface area contributed by atoms with E-state index in [0.717, 1.165) is 73.2 Å². The second-order valence-corrected chi connectivity index (χ2v) is 11.6. The van der Waals surface area contributed by atoms with Crippen LogP contribution in [0.15, 0.2) is 42.9 Å². The van der Waals surface area contributed by atoms with Crippen molar-refractivity contribution < 1.29 is 14.3 Å². The Kier molecular flexibility index (Phi) is 7.88. The largest absolute Gasteiger partial charge is 0.444 e. The Morgan fingerprint density at radius 1 is 1.13 bits per heavy atom. The molecule has 1 atom stereocenters. The predicted octanol–water partition coefficient (Wildman–Crippen LogP) is 5.06. The molecule has 2 N–H and O–H groups in total. The molecule has 0 saturated carbocycles. The van der Waals surface area contributed by atoms with Gasteiger partial charge >= 0.3 is 6.09 Å². The summed E-state index contributed by atoms with van der Waals surface area (Å²) < 4.78 is 5.29. The molecule has 5 rings (SSSR count). The van der Waals surface area contributed by atoms with E-state index in [1.54, 1.807) is 12.4 Å². The fourth-order valence-electron chi connectivity index (χ4n) is 6.07. The molecule has 9 nitrogen and oxygen atoms in total. The van der Waals surface area contributed by atoms with Crippen molar-refractivity contribution in [1.82, 2.24) is 19.9 Å². The lowest BCUT2D eigenvalue weighted by molar-refractivity contribution is -0.138. The normalized spacial score (nSPS) is 18.8. The van der Waals surface area contributed by atoms with E-state index in [0.29, 0.717) is 18.1 Å². The number of amides is 2. The number of ether oxygens (including phenoxy) is 1. The number of piperidine rings is 2. The highest BCUT2D eigenvalue weighted by atomic mass is 35.5. The Labute approximate surface area is 233 Å². The molecule has 0 aromatic carbocycles. The van der Waals surface area contributed by atoms with Crippen LogP contribution >= 0.6 is 11.6 Å². The molecule has 2 saturated heterocycles. The number of carbonyl (C=O) groups excluding carboxylic acids is 2. The zero-order valence-electron chi connectivity index (χ0n) is 22.5. The zero-order chi connectivity index (χ0) is 27.6. The van der Waals surface area contributed by atoms with Crippen LogP contribution in [0.1, 0.15) is 46.0 Å². The van der Waals surface area contributed by atoms with E-state index in [-0.39, 0.29) is 17.7 Å². The van der Waals surface area contributed by atoms with Gasteiger partial charge in [-0.2, -0.15) is 0 Å². The van der Waals surface area contributed by atoms with Crippen molar-refractivity contribution in [3.8, 4) is 11.3 Å². The van der Waals surface area contributed by atoms with Crippen molar-refractivity contribution in [2.75, 3.05) is 31.1 Å². The molecule has 0 bridgehead atoms. The van der Waals surface area contributed by atoms with Crippen LogP contribution in [0, 0.1) is 11.8 Å². The van der Waals surface area contributed by atoms with Gasteiger partial charge in [-0.3, -0.25) is 9.78 Å². The lowest BCUT2D eigenvalue weighted by atomic mass is 9.86. The van der Waals surface area contributed by atoms with Crippen LogP contribution in [0.3, 0.4) is 0 Å². The van der Waals surface area contributed by atoms with Crippen molar-refractivity contribution >= 4 is 40.2 Å². The van der Waals surface area contributed by atoms with Crippen LogP contribution in [-0.2, 0) is 9.53 Å². The molecule has 206 valence electrons. The fraction of sp³-hybridized carbons (Fsp3) is 0.483. The highest BCUT2D eigenvalue weighted by Gasteiger charge is 2.34. The van der Waals surface area contributed by atoms with Gasteiger partial charge in [0.25, 0.3) is 0 Å². The number of nitrogens with zero attached hydrogens (tertiary/aromatic N) is 5. The number of primary amides is 1. The molecule has 5 heterocycles. The topological polar surface area (TPSA) is 115 Å². The van der Waals surface area contributed by atoms with Gasteiger partial charge < -0.3 is 20.3 Å². The molecule has 2 amide bonds. The van der Waals surface area contributed by atoms with E-state index in [1.165, 1.54) is 0 Å². The van der Waals surface area contributed by atoms with E-state index in [4.69, 9.17) is 27.1 Å². The molecule has 0 spiro atoms. The van der Waals surface area contributed by atoms with Gasteiger partial charge in [-0.05, 0) is 76.1 Å². The third kappa shape index (κ3) is 6.41. The summed E-state index contributed by atoms with van der Waals surface area (Å²) in [5, 5.41) is 2.47. The van der Waals surface area contributed by atoms with Crippen molar-refractivity contribution in [1.29, 1.82) is 0 Å². The highest BCUT2D eigenvalue weighted by molar-refractivity contribution is 6.29. The SMILES string of the molecule is CC(C)(C[C@@H]1CCCN(C(=O)C2CCN(c3nc(-c4ccnc(Cl)c4)cc4cnccc34)CC2)C1)OC(N)=O. The highest BCUT2D eigenvalue weighted by Crippen LogP contribution is 2.34. The molecule has 2 aliphatic heterocycles. The van der Waals surface area contributed by atoms with Crippen LogP contribution in [-0.4, -0.2) is 63.6 Å². The second kappa shape index (κ2) is 11.3. The summed E-state index contributed by atoms with van der Waals surface area (Å²) in [6.07, 6.45) is 8.76. The molecule has 0 radical (unpaired) electrons. The number of halogens is 1. The molecule has 3 aromatic rings. The molecule has 2 aliphatic rings. The summed E-state index contributed by atoms with van der Waals surface area (Å²) in [5.41, 5.74) is 6.31. The minimum atomic E-state index is -0.760. The maximum Gasteiger partial charge on any atom is 0.405 e. The minimum absolute atomic E-state index is 0.00926. The monoisotopic (exact) mass is 550 g/mol. The Hall–Kier alpha value is -3.46. The van der Waals surface area contributed by atoms with Gasteiger partial charge in [0.1, 0.15) is 16.6 Å². The number of rotatable bonds is 6. The van der Waals surface area contributed by atoms with Gasteiger partial charge in [0.2, 0.25) is 5.91 Å². The minimum Gasteiger partial charge on any atom is -0.444 e. The Morgan fingerprint density at radius 2 is 1.92 bits per heavy atom.